The smallest absolute Gasteiger partial charge is 0.223 e. The summed E-state index contributed by atoms with van der Waals surface area (Å²) < 4.78 is 1.76. The van der Waals surface area contributed by atoms with Gasteiger partial charge < -0.3 is 10.6 Å². The standard InChI is InChI=1S/C16H18N6OS/c1-11(17-8-13-10-24-16(19-13)18-12(2)23)15-9-22(21-20-15)14-6-4-3-5-7-14/h3-7,9-11,17H,8H2,1-2H3,(H,18,19,23)/t11-/m0/s1. The van der Waals surface area contributed by atoms with Gasteiger partial charge in [0.15, 0.2) is 5.13 Å². The van der Waals surface area contributed by atoms with E-state index in [1.807, 2.05) is 48.8 Å². The molecule has 0 aliphatic heterocycles. The van der Waals surface area contributed by atoms with Crippen molar-refractivity contribution in [2.75, 3.05) is 5.32 Å². The zero-order chi connectivity index (χ0) is 16.9. The average Bonchev–Trinajstić information content (AvgIpc) is 3.22. The average molecular weight is 342 g/mol. The molecular weight excluding hydrogens is 324 g/mol. The molecule has 2 N–H and O–H groups in total. The number of carbonyl (C=O) groups is 1. The van der Waals surface area contributed by atoms with Crippen molar-refractivity contribution in [3.63, 3.8) is 0 Å². The van der Waals surface area contributed by atoms with Crippen molar-refractivity contribution in [3.8, 4) is 5.69 Å². The van der Waals surface area contributed by atoms with Crippen LogP contribution in [-0.2, 0) is 11.3 Å². The molecule has 0 aliphatic carbocycles. The van der Waals surface area contributed by atoms with Gasteiger partial charge in [-0.3, -0.25) is 4.79 Å². The Labute approximate surface area is 143 Å². The molecule has 0 aliphatic rings. The molecule has 1 atom stereocenters. The monoisotopic (exact) mass is 342 g/mol. The number of benzene rings is 1. The quantitative estimate of drug-likeness (QED) is 0.719. The zero-order valence-corrected chi connectivity index (χ0v) is 14.2. The minimum absolute atomic E-state index is 0.0355. The summed E-state index contributed by atoms with van der Waals surface area (Å²) in [5.74, 6) is -0.116. The van der Waals surface area contributed by atoms with Gasteiger partial charge in [-0.05, 0) is 19.1 Å². The normalized spacial score (nSPS) is 12.1. The number of carbonyl (C=O) groups excluding carboxylic acids is 1. The van der Waals surface area contributed by atoms with Crippen molar-refractivity contribution in [2.24, 2.45) is 0 Å². The second-order valence-corrected chi connectivity index (χ2v) is 6.21. The van der Waals surface area contributed by atoms with Crippen LogP contribution in [0.4, 0.5) is 5.13 Å². The molecule has 1 amide bonds. The van der Waals surface area contributed by atoms with Gasteiger partial charge in [0.05, 0.1) is 29.3 Å². The van der Waals surface area contributed by atoms with Gasteiger partial charge in [-0.25, -0.2) is 9.67 Å². The maximum absolute atomic E-state index is 11.0. The number of thiazole rings is 1. The number of rotatable bonds is 6. The lowest BCUT2D eigenvalue weighted by atomic mass is 10.2. The molecule has 0 bridgehead atoms. The van der Waals surface area contributed by atoms with Crippen LogP contribution < -0.4 is 10.6 Å². The Hall–Kier alpha value is -2.58. The molecule has 0 spiro atoms. The molecule has 124 valence electrons. The van der Waals surface area contributed by atoms with E-state index in [0.29, 0.717) is 11.7 Å². The highest BCUT2D eigenvalue weighted by Gasteiger charge is 2.11. The Morgan fingerprint density at radius 1 is 1.33 bits per heavy atom. The third-order valence-electron chi connectivity index (χ3n) is 3.40. The molecular formula is C16H18N6OS. The highest BCUT2D eigenvalue weighted by atomic mass is 32.1. The van der Waals surface area contributed by atoms with Crippen molar-refractivity contribution in [1.29, 1.82) is 0 Å². The van der Waals surface area contributed by atoms with Gasteiger partial charge in [-0.2, -0.15) is 0 Å². The van der Waals surface area contributed by atoms with E-state index in [4.69, 9.17) is 0 Å². The van der Waals surface area contributed by atoms with Crippen LogP contribution in [0.15, 0.2) is 41.9 Å². The minimum atomic E-state index is -0.116. The van der Waals surface area contributed by atoms with E-state index in [2.05, 4.69) is 25.9 Å². The van der Waals surface area contributed by atoms with E-state index in [0.717, 1.165) is 17.1 Å². The molecule has 2 heterocycles. The van der Waals surface area contributed by atoms with Gasteiger partial charge in [-0.1, -0.05) is 23.4 Å². The summed E-state index contributed by atoms with van der Waals surface area (Å²) in [6, 6.07) is 9.90. The third kappa shape index (κ3) is 4.03. The Morgan fingerprint density at radius 3 is 2.88 bits per heavy atom. The number of hydrogen-bond acceptors (Lipinski definition) is 6. The number of nitrogens with zero attached hydrogens (tertiary/aromatic N) is 4. The van der Waals surface area contributed by atoms with Crippen molar-refractivity contribution in [3.05, 3.63) is 53.3 Å². The Kier molecular flexibility index (Phi) is 4.97. The first-order chi connectivity index (χ1) is 11.6. The molecule has 1 aromatic carbocycles. The lowest BCUT2D eigenvalue weighted by molar-refractivity contribution is -0.114. The van der Waals surface area contributed by atoms with Gasteiger partial charge >= 0.3 is 0 Å². The van der Waals surface area contributed by atoms with Crippen LogP contribution in [0.2, 0.25) is 0 Å². The van der Waals surface area contributed by atoms with Crippen molar-refractivity contribution in [1.82, 2.24) is 25.3 Å². The number of amides is 1. The Bertz CT molecular complexity index is 813. The van der Waals surface area contributed by atoms with E-state index in [9.17, 15) is 4.79 Å². The molecule has 0 radical (unpaired) electrons. The summed E-state index contributed by atoms with van der Waals surface area (Å²) in [5, 5.41) is 17.0. The molecule has 8 heteroatoms. The van der Waals surface area contributed by atoms with E-state index in [1.165, 1.54) is 18.3 Å². The molecule has 0 fully saturated rings. The zero-order valence-electron chi connectivity index (χ0n) is 13.4. The lowest BCUT2D eigenvalue weighted by Crippen LogP contribution is -2.18. The summed E-state index contributed by atoms with van der Waals surface area (Å²) in [5.41, 5.74) is 2.71. The first-order valence-electron chi connectivity index (χ1n) is 7.55. The Balaban J connectivity index is 1.59. The molecule has 7 nitrogen and oxygen atoms in total. The lowest BCUT2D eigenvalue weighted by Gasteiger charge is -2.09. The Morgan fingerprint density at radius 2 is 2.12 bits per heavy atom. The summed E-state index contributed by atoms with van der Waals surface area (Å²) in [6.07, 6.45) is 1.91. The predicted molar refractivity (Wildman–Crippen MR) is 93.0 cm³/mol. The molecule has 3 rings (SSSR count). The van der Waals surface area contributed by atoms with Gasteiger partial charge in [0.2, 0.25) is 5.91 Å². The number of anilines is 1. The fraction of sp³-hybridized carbons (Fsp3) is 0.250. The van der Waals surface area contributed by atoms with Gasteiger partial charge in [0, 0.05) is 18.8 Å². The van der Waals surface area contributed by atoms with Gasteiger partial charge in [-0.15, -0.1) is 16.4 Å². The number of hydrogen-bond donors (Lipinski definition) is 2. The number of nitrogens with one attached hydrogen (secondary N) is 2. The summed E-state index contributed by atoms with van der Waals surface area (Å²) >= 11 is 1.41. The van der Waals surface area contributed by atoms with Crippen LogP contribution >= 0.6 is 11.3 Å². The second-order valence-electron chi connectivity index (χ2n) is 5.35. The minimum Gasteiger partial charge on any atom is -0.303 e. The molecule has 2 aromatic heterocycles. The van der Waals surface area contributed by atoms with Crippen LogP contribution in [-0.4, -0.2) is 25.9 Å². The van der Waals surface area contributed by atoms with Gasteiger partial charge in [0.1, 0.15) is 0 Å². The largest absolute Gasteiger partial charge is 0.303 e. The SMILES string of the molecule is CC(=O)Nc1nc(CN[C@@H](C)c2cn(-c3ccccc3)nn2)cs1. The predicted octanol–water partition coefficient (Wildman–Crippen LogP) is 2.53. The van der Waals surface area contributed by atoms with Crippen molar-refractivity contribution in [2.45, 2.75) is 26.4 Å². The van der Waals surface area contributed by atoms with Crippen LogP contribution in [0, 0.1) is 0 Å². The summed E-state index contributed by atoms with van der Waals surface area (Å²) in [6.45, 7) is 4.09. The first-order valence-corrected chi connectivity index (χ1v) is 8.43. The van der Waals surface area contributed by atoms with E-state index >= 15 is 0 Å². The van der Waals surface area contributed by atoms with Crippen LogP contribution in [0.1, 0.15) is 31.3 Å². The van der Waals surface area contributed by atoms with Gasteiger partial charge in [0.25, 0.3) is 0 Å². The van der Waals surface area contributed by atoms with E-state index in [1.54, 1.807) is 4.68 Å². The maximum Gasteiger partial charge on any atom is 0.223 e. The number of para-hydroxylation sites is 1. The molecule has 3 aromatic rings. The second kappa shape index (κ2) is 7.33. The van der Waals surface area contributed by atoms with E-state index in [-0.39, 0.29) is 11.9 Å². The highest BCUT2D eigenvalue weighted by Crippen LogP contribution is 2.17. The van der Waals surface area contributed by atoms with Crippen LogP contribution in [0.25, 0.3) is 5.69 Å². The van der Waals surface area contributed by atoms with Crippen LogP contribution in [0.5, 0.6) is 0 Å². The molecule has 24 heavy (non-hydrogen) atoms. The van der Waals surface area contributed by atoms with E-state index < -0.39 is 0 Å². The summed E-state index contributed by atoms with van der Waals surface area (Å²) in [7, 11) is 0. The number of aromatic nitrogens is 4. The summed E-state index contributed by atoms with van der Waals surface area (Å²) in [4.78, 5) is 15.4. The molecule has 0 saturated carbocycles. The maximum atomic E-state index is 11.0. The molecule has 0 unspecified atom stereocenters. The third-order valence-corrected chi connectivity index (χ3v) is 4.21. The van der Waals surface area contributed by atoms with Crippen molar-refractivity contribution >= 4 is 22.4 Å². The fourth-order valence-corrected chi connectivity index (χ4v) is 2.90. The topological polar surface area (TPSA) is 84.7 Å². The fourth-order valence-electron chi connectivity index (χ4n) is 2.14. The van der Waals surface area contributed by atoms with Crippen molar-refractivity contribution < 1.29 is 4.79 Å². The first kappa shape index (κ1) is 16.3. The highest BCUT2D eigenvalue weighted by molar-refractivity contribution is 7.13. The van der Waals surface area contributed by atoms with Crippen LogP contribution in [0.3, 0.4) is 0 Å². The molecule has 0 saturated heterocycles.